The lowest BCUT2D eigenvalue weighted by atomic mass is 10.1. The summed E-state index contributed by atoms with van der Waals surface area (Å²) in [5.74, 6) is 0.0769. The van der Waals surface area contributed by atoms with E-state index in [1.165, 1.54) is 6.07 Å². The first-order valence-electron chi connectivity index (χ1n) is 8.42. The smallest absolute Gasteiger partial charge is 0.338 e. The van der Waals surface area contributed by atoms with Crippen LogP contribution in [-0.2, 0) is 11.3 Å². The Balaban J connectivity index is 1.74. The largest absolute Gasteiger partial charge is 0.497 e. The molecule has 0 radical (unpaired) electrons. The van der Waals surface area contributed by atoms with Crippen LogP contribution in [0, 0.1) is 10.1 Å². The maximum atomic E-state index is 12.3. The van der Waals surface area contributed by atoms with Gasteiger partial charge in [-0.15, -0.1) is 0 Å². The molecule has 0 unspecified atom stereocenters. The molecule has 3 rings (SSSR count). The normalized spacial score (nSPS) is 13.5. The Bertz CT molecular complexity index is 815. The molecule has 2 aromatic rings. The maximum absolute atomic E-state index is 12.3. The van der Waals surface area contributed by atoms with Gasteiger partial charge in [0.25, 0.3) is 5.69 Å². The van der Waals surface area contributed by atoms with Crippen molar-refractivity contribution >= 4 is 17.3 Å². The molecule has 0 amide bonds. The number of ether oxygens (including phenoxy) is 2. The molecule has 2 aromatic carbocycles. The third-order valence-corrected chi connectivity index (χ3v) is 4.36. The topological polar surface area (TPSA) is 81.9 Å². The van der Waals surface area contributed by atoms with Crippen LogP contribution in [0.25, 0.3) is 0 Å². The lowest BCUT2D eigenvalue weighted by Gasteiger charge is -2.17. The van der Waals surface area contributed by atoms with Gasteiger partial charge in [0.15, 0.2) is 0 Å². The van der Waals surface area contributed by atoms with Crippen LogP contribution in [-0.4, -0.2) is 31.1 Å². The Kier molecular flexibility index (Phi) is 5.36. The van der Waals surface area contributed by atoms with Crippen LogP contribution in [0.1, 0.15) is 28.8 Å². The van der Waals surface area contributed by atoms with E-state index in [0.29, 0.717) is 11.4 Å². The Morgan fingerprint density at radius 3 is 2.65 bits per heavy atom. The Morgan fingerprint density at radius 1 is 1.19 bits per heavy atom. The van der Waals surface area contributed by atoms with Gasteiger partial charge in [-0.05, 0) is 42.7 Å². The van der Waals surface area contributed by atoms with E-state index in [2.05, 4.69) is 0 Å². The molecular weight excluding hydrogens is 336 g/mol. The number of nitro groups is 1. The summed E-state index contributed by atoms with van der Waals surface area (Å²) in [6.07, 6.45) is 2.03. The van der Waals surface area contributed by atoms with Gasteiger partial charge < -0.3 is 14.4 Å². The molecule has 1 aliphatic heterocycles. The van der Waals surface area contributed by atoms with Gasteiger partial charge in [-0.2, -0.15) is 0 Å². The molecule has 0 saturated carbocycles. The fraction of sp³-hybridized carbons (Fsp3) is 0.316. The van der Waals surface area contributed by atoms with Crippen molar-refractivity contribution < 1.29 is 19.2 Å². The average molecular weight is 356 g/mol. The molecule has 0 N–H and O–H groups in total. The first-order valence-corrected chi connectivity index (χ1v) is 8.42. The average Bonchev–Trinajstić information content (AvgIpc) is 3.20. The molecular formula is C19H20N2O5. The summed E-state index contributed by atoms with van der Waals surface area (Å²) >= 11 is 0. The Labute approximate surface area is 151 Å². The van der Waals surface area contributed by atoms with Crippen molar-refractivity contribution in [3.05, 3.63) is 63.7 Å². The van der Waals surface area contributed by atoms with Crippen LogP contribution >= 0.6 is 0 Å². The number of benzene rings is 2. The van der Waals surface area contributed by atoms with Crippen LogP contribution in [0.3, 0.4) is 0 Å². The molecule has 0 aliphatic carbocycles. The monoisotopic (exact) mass is 356 g/mol. The highest BCUT2D eigenvalue weighted by Crippen LogP contribution is 2.32. The lowest BCUT2D eigenvalue weighted by Crippen LogP contribution is -2.19. The first-order chi connectivity index (χ1) is 12.6. The fourth-order valence-electron chi connectivity index (χ4n) is 3.02. The van der Waals surface area contributed by atoms with Crippen LogP contribution < -0.4 is 9.64 Å². The summed E-state index contributed by atoms with van der Waals surface area (Å²) in [7, 11) is 1.56. The number of rotatable bonds is 6. The van der Waals surface area contributed by atoms with Crippen molar-refractivity contribution in [2.24, 2.45) is 0 Å². The van der Waals surface area contributed by atoms with Crippen LogP contribution in [0.2, 0.25) is 0 Å². The van der Waals surface area contributed by atoms with Crippen LogP contribution in [0.5, 0.6) is 5.75 Å². The maximum Gasteiger partial charge on any atom is 0.338 e. The van der Waals surface area contributed by atoms with Gasteiger partial charge in [0.2, 0.25) is 0 Å². The van der Waals surface area contributed by atoms with Crippen molar-refractivity contribution in [1.29, 1.82) is 0 Å². The number of anilines is 1. The zero-order valence-electron chi connectivity index (χ0n) is 14.5. The Hall–Kier alpha value is -3.09. The summed E-state index contributed by atoms with van der Waals surface area (Å²) in [5.41, 5.74) is 1.43. The number of nitro benzene ring substituents is 1. The summed E-state index contributed by atoms with van der Waals surface area (Å²) < 4.78 is 10.4. The van der Waals surface area contributed by atoms with Crippen molar-refractivity contribution in [2.75, 3.05) is 25.1 Å². The first kappa shape index (κ1) is 17.7. The SMILES string of the molecule is COc1cccc(COC(=O)c2ccc(N3CCCC3)c([N+](=O)[O-])c2)c1. The molecule has 26 heavy (non-hydrogen) atoms. The predicted octanol–water partition coefficient (Wildman–Crippen LogP) is 3.56. The van der Waals surface area contributed by atoms with E-state index in [4.69, 9.17) is 9.47 Å². The molecule has 7 heteroatoms. The van der Waals surface area contributed by atoms with Crippen molar-refractivity contribution in [3.8, 4) is 5.75 Å². The van der Waals surface area contributed by atoms with Gasteiger partial charge >= 0.3 is 5.97 Å². The van der Waals surface area contributed by atoms with Gasteiger partial charge in [-0.3, -0.25) is 10.1 Å². The molecule has 0 aromatic heterocycles. The minimum Gasteiger partial charge on any atom is -0.497 e. The molecule has 1 aliphatic rings. The summed E-state index contributed by atoms with van der Waals surface area (Å²) in [6, 6.07) is 11.7. The van der Waals surface area contributed by atoms with Crippen molar-refractivity contribution in [3.63, 3.8) is 0 Å². The molecule has 1 saturated heterocycles. The molecule has 7 nitrogen and oxygen atoms in total. The van der Waals surface area contributed by atoms with E-state index >= 15 is 0 Å². The number of hydrogen-bond acceptors (Lipinski definition) is 6. The van der Waals surface area contributed by atoms with E-state index in [1.807, 2.05) is 11.0 Å². The highest BCUT2D eigenvalue weighted by Gasteiger charge is 2.24. The molecule has 0 atom stereocenters. The quantitative estimate of drug-likeness (QED) is 0.447. The van der Waals surface area contributed by atoms with E-state index in [0.717, 1.165) is 31.5 Å². The number of hydrogen-bond donors (Lipinski definition) is 0. The van der Waals surface area contributed by atoms with E-state index < -0.39 is 10.9 Å². The molecule has 136 valence electrons. The second kappa shape index (κ2) is 7.86. The van der Waals surface area contributed by atoms with Crippen molar-refractivity contribution in [1.82, 2.24) is 0 Å². The number of methoxy groups -OCH3 is 1. The molecule has 1 fully saturated rings. The van der Waals surface area contributed by atoms with Gasteiger partial charge in [-0.25, -0.2) is 4.79 Å². The third kappa shape index (κ3) is 3.93. The van der Waals surface area contributed by atoms with Gasteiger partial charge in [0.05, 0.1) is 17.6 Å². The van der Waals surface area contributed by atoms with Crippen LogP contribution in [0.4, 0.5) is 11.4 Å². The third-order valence-electron chi connectivity index (χ3n) is 4.36. The zero-order valence-corrected chi connectivity index (χ0v) is 14.5. The second-order valence-electron chi connectivity index (χ2n) is 6.08. The summed E-state index contributed by atoms with van der Waals surface area (Å²) in [4.78, 5) is 25.2. The van der Waals surface area contributed by atoms with E-state index in [-0.39, 0.29) is 17.9 Å². The summed E-state index contributed by atoms with van der Waals surface area (Å²) in [6.45, 7) is 1.65. The summed E-state index contributed by atoms with van der Waals surface area (Å²) in [5, 5.41) is 11.4. The van der Waals surface area contributed by atoms with Gasteiger partial charge in [0.1, 0.15) is 18.0 Å². The van der Waals surface area contributed by atoms with E-state index in [9.17, 15) is 14.9 Å². The molecule has 1 heterocycles. The highest BCUT2D eigenvalue weighted by atomic mass is 16.6. The Morgan fingerprint density at radius 2 is 1.96 bits per heavy atom. The lowest BCUT2D eigenvalue weighted by molar-refractivity contribution is -0.384. The second-order valence-corrected chi connectivity index (χ2v) is 6.08. The number of carbonyl (C=O) groups excluding carboxylic acids is 1. The predicted molar refractivity (Wildman–Crippen MR) is 96.7 cm³/mol. The number of carbonyl (C=O) groups is 1. The van der Waals surface area contributed by atoms with Gasteiger partial charge in [-0.1, -0.05) is 12.1 Å². The molecule has 0 spiro atoms. The van der Waals surface area contributed by atoms with Crippen molar-refractivity contribution in [2.45, 2.75) is 19.4 Å². The van der Waals surface area contributed by atoms with E-state index in [1.54, 1.807) is 37.4 Å². The zero-order chi connectivity index (χ0) is 18.5. The van der Waals surface area contributed by atoms with Crippen LogP contribution in [0.15, 0.2) is 42.5 Å². The fourth-order valence-corrected chi connectivity index (χ4v) is 3.02. The highest BCUT2D eigenvalue weighted by molar-refractivity contribution is 5.91. The van der Waals surface area contributed by atoms with Gasteiger partial charge in [0, 0.05) is 19.2 Å². The number of nitrogens with zero attached hydrogens (tertiary/aromatic N) is 2. The standard InChI is InChI=1S/C19H20N2O5/c1-25-16-6-4-5-14(11-16)13-26-19(22)15-7-8-17(18(12-15)21(23)24)20-9-2-3-10-20/h4-8,11-12H,2-3,9-10,13H2,1H3. The minimum atomic E-state index is -0.594. The minimum absolute atomic E-state index is 0.0669. The number of esters is 1. The molecule has 0 bridgehead atoms.